The number of para-hydroxylation sites is 1. The highest BCUT2D eigenvalue weighted by molar-refractivity contribution is 6.25. The number of anilines is 2. The molecule has 2 heterocycles. The predicted octanol–water partition coefficient (Wildman–Crippen LogP) is 4.24. The first-order valence-corrected chi connectivity index (χ1v) is 14.9. The van der Waals surface area contributed by atoms with Gasteiger partial charge in [0.15, 0.2) is 0 Å². The Bertz CT molecular complexity index is 1890. The molecule has 3 aromatic rings. The third kappa shape index (κ3) is 3.93. The van der Waals surface area contributed by atoms with E-state index in [0.717, 1.165) is 22.6 Å². The Kier molecular flexibility index (Phi) is 6.55. The molecule has 2 aliphatic carbocycles. The number of aromatic carboxylic acids is 1. The van der Waals surface area contributed by atoms with Gasteiger partial charge >= 0.3 is 5.97 Å². The van der Waals surface area contributed by atoms with Gasteiger partial charge in [-0.3, -0.25) is 19.2 Å². The van der Waals surface area contributed by atoms with Crippen LogP contribution in [0.25, 0.3) is 0 Å². The molecule has 11 heteroatoms. The van der Waals surface area contributed by atoms with Gasteiger partial charge in [0.05, 0.1) is 41.7 Å². The monoisotopic (exact) mass is 622 g/mol. The summed E-state index contributed by atoms with van der Waals surface area (Å²) in [6, 6.07) is 16.8. The molecule has 0 radical (unpaired) electrons. The maximum atomic E-state index is 14.5. The number of fused-ring (bicyclic) bond motifs is 4. The summed E-state index contributed by atoms with van der Waals surface area (Å²) in [5.74, 6) is -7.25. The topological polar surface area (TPSA) is 162 Å². The first-order valence-electron chi connectivity index (χ1n) is 14.9. The third-order valence-corrected chi connectivity index (χ3v) is 10.3. The van der Waals surface area contributed by atoms with Crippen LogP contribution in [0.5, 0.6) is 17.2 Å². The number of carbonyl (C=O) groups excluding carboxylic acids is 4. The first kappa shape index (κ1) is 29.3. The maximum absolute atomic E-state index is 14.5. The SMILES string of the molecule is COc1cc(O)ccc1C1C2=CCC3C(=O)N(c4ccc(C(=O)O)c(O)c4)C(=O)C3C2CC2C(=O)N(c3ccccc3)C(=O)C21C. The van der Waals surface area contributed by atoms with Gasteiger partial charge in [-0.1, -0.05) is 35.9 Å². The molecule has 2 saturated heterocycles. The van der Waals surface area contributed by atoms with Crippen LogP contribution in [0.2, 0.25) is 0 Å². The molecule has 3 aromatic carbocycles. The Balaban J connectivity index is 1.36. The van der Waals surface area contributed by atoms with Gasteiger partial charge in [0.25, 0.3) is 0 Å². The zero-order chi connectivity index (χ0) is 32.7. The summed E-state index contributed by atoms with van der Waals surface area (Å²) in [6.45, 7) is 1.77. The normalized spacial score (nSPS) is 28.5. The molecule has 4 amide bonds. The molecule has 0 bridgehead atoms. The number of hydrogen-bond acceptors (Lipinski definition) is 8. The number of carboxylic acid groups (broad SMARTS) is 1. The van der Waals surface area contributed by atoms with Crippen molar-refractivity contribution in [2.24, 2.45) is 29.1 Å². The van der Waals surface area contributed by atoms with Crippen LogP contribution in [0, 0.1) is 29.1 Å². The summed E-state index contributed by atoms with van der Waals surface area (Å²) >= 11 is 0. The number of allylic oxidation sites excluding steroid dienone is 2. The van der Waals surface area contributed by atoms with Gasteiger partial charge in [0.2, 0.25) is 23.6 Å². The molecule has 6 atom stereocenters. The Hall–Kier alpha value is -5.45. The van der Waals surface area contributed by atoms with Crippen LogP contribution in [0.3, 0.4) is 0 Å². The quantitative estimate of drug-likeness (QED) is 0.279. The number of phenols is 2. The molecule has 4 aliphatic rings. The summed E-state index contributed by atoms with van der Waals surface area (Å²) in [5.41, 5.74) is 0.147. The van der Waals surface area contributed by atoms with Crippen molar-refractivity contribution in [2.45, 2.75) is 25.7 Å². The lowest BCUT2D eigenvalue weighted by Crippen LogP contribution is -2.49. The number of methoxy groups -OCH3 is 1. The van der Waals surface area contributed by atoms with Gasteiger partial charge in [0.1, 0.15) is 22.8 Å². The number of phenolic OH excluding ortho intramolecular Hbond substituents is 1. The summed E-state index contributed by atoms with van der Waals surface area (Å²) < 4.78 is 5.67. The fraction of sp³-hybridized carbons (Fsp3) is 0.286. The largest absolute Gasteiger partial charge is 0.508 e. The Morgan fingerprint density at radius 1 is 0.870 bits per heavy atom. The Labute approximate surface area is 263 Å². The van der Waals surface area contributed by atoms with Gasteiger partial charge in [-0.05, 0) is 56.0 Å². The second kappa shape index (κ2) is 10.3. The lowest BCUT2D eigenvalue weighted by molar-refractivity contribution is -0.131. The van der Waals surface area contributed by atoms with Crippen LogP contribution in [0.4, 0.5) is 11.4 Å². The van der Waals surface area contributed by atoms with E-state index in [-0.39, 0.29) is 35.7 Å². The number of rotatable bonds is 5. The van der Waals surface area contributed by atoms with Crippen LogP contribution in [0.1, 0.15) is 41.6 Å². The van der Waals surface area contributed by atoms with Gasteiger partial charge in [-0.2, -0.15) is 0 Å². The molecule has 3 fully saturated rings. The zero-order valence-corrected chi connectivity index (χ0v) is 24.9. The lowest BCUT2D eigenvalue weighted by Gasteiger charge is -2.49. The van der Waals surface area contributed by atoms with Crippen molar-refractivity contribution < 1.29 is 44.0 Å². The van der Waals surface area contributed by atoms with Crippen LogP contribution in [-0.4, -0.2) is 52.0 Å². The average Bonchev–Trinajstić information content (AvgIpc) is 3.40. The molecule has 2 aliphatic heterocycles. The smallest absolute Gasteiger partial charge is 0.339 e. The number of amides is 4. The number of aromatic hydroxyl groups is 2. The van der Waals surface area contributed by atoms with Crippen LogP contribution in [0.15, 0.2) is 78.4 Å². The van der Waals surface area contributed by atoms with Crippen molar-refractivity contribution in [1.82, 2.24) is 0 Å². The standard InChI is InChI=1S/C35H30N2O9/c1-35-25(31(41)37(34(35)45)17-6-4-3-5-7-17)16-24-20(29(35)22-11-9-19(38)15-27(22)46-2)12-13-23-28(24)32(42)36(30(23)40)18-8-10-21(33(43)44)26(39)14-18/h3-12,14-15,23-25,28-29,38-39H,13,16H2,1-2H3,(H,43,44). The lowest BCUT2D eigenvalue weighted by atomic mass is 9.51. The highest BCUT2D eigenvalue weighted by Crippen LogP contribution is 2.64. The highest BCUT2D eigenvalue weighted by Gasteiger charge is 2.68. The highest BCUT2D eigenvalue weighted by atomic mass is 16.5. The van der Waals surface area contributed by atoms with Crippen molar-refractivity contribution in [3.8, 4) is 17.2 Å². The molecular weight excluding hydrogens is 592 g/mol. The van der Waals surface area contributed by atoms with Crippen molar-refractivity contribution in [1.29, 1.82) is 0 Å². The molecule has 7 rings (SSSR count). The number of hydrogen-bond donors (Lipinski definition) is 3. The predicted molar refractivity (Wildman–Crippen MR) is 163 cm³/mol. The molecule has 234 valence electrons. The van der Waals surface area contributed by atoms with E-state index >= 15 is 0 Å². The summed E-state index contributed by atoms with van der Waals surface area (Å²) in [7, 11) is 1.45. The number of nitrogens with zero attached hydrogens (tertiary/aromatic N) is 2. The zero-order valence-electron chi connectivity index (χ0n) is 24.9. The fourth-order valence-corrected chi connectivity index (χ4v) is 8.22. The number of carboxylic acids is 1. The average molecular weight is 623 g/mol. The Morgan fingerprint density at radius 3 is 2.28 bits per heavy atom. The molecule has 0 aromatic heterocycles. The summed E-state index contributed by atoms with van der Waals surface area (Å²) in [6.07, 6.45) is 2.23. The fourth-order valence-electron chi connectivity index (χ4n) is 8.22. The Morgan fingerprint density at radius 2 is 1.61 bits per heavy atom. The van der Waals surface area contributed by atoms with Gasteiger partial charge < -0.3 is 20.1 Å². The minimum atomic E-state index is -1.35. The molecular formula is C35H30N2O9. The van der Waals surface area contributed by atoms with E-state index in [2.05, 4.69) is 0 Å². The van der Waals surface area contributed by atoms with E-state index in [9.17, 15) is 39.3 Å². The molecule has 6 unspecified atom stereocenters. The number of ether oxygens (including phenoxy) is 1. The molecule has 11 nitrogen and oxygen atoms in total. The van der Waals surface area contributed by atoms with Gasteiger partial charge in [0, 0.05) is 23.6 Å². The molecule has 3 N–H and O–H groups in total. The van der Waals surface area contributed by atoms with Gasteiger partial charge in [-0.25, -0.2) is 14.6 Å². The minimum Gasteiger partial charge on any atom is -0.508 e. The van der Waals surface area contributed by atoms with Gasteiger partial charge in [-0.15, -0.1) is 0 Å². The van der Waals surface area contributed by atoms with E-state index in [4.69, 9.17) is 4.74 Å². The molecule has 1 saturated carbocycles. The minimum absolute atomic E-state index is 0.0449. The molecule has 46 heavy (non-hydrogen) atoms. The second-order valence-corrected chi connectivity index (χ2v) is 12.4. The number of carbonyl (C=O) groups is 5. The van der Waals surface area contributed by atoms with E-state index < -0.39 is 64.4 Å². The first-order chi connectivity index (χ1) is 22.0. The van der Waals surface area contributed by atoms with Crippen LogP contribution in [-0.2, 0) is 19.2 Å². The van der Waals surface area contributed by atoms with E-state index in [0.29, 0.717) is 17.0 Å². The summed E-state index contributed by atoms with van der Waals surface area (Å²) in [4.78, 5) is 70.4. The van der Waals surface area contributed by atoms with E-state index in [1.165, 1.54) is 30.2 Å². The maximum Gasteiger partial charge on any atom is 0.339 e. The van der Waals surface area contributed by atoms with Crippen LogP contribution >= 0.6 is 0 Å². The second-order valence-electron chi connectivity index (χ2n) is 12.4. The van der Waals surface area contributed by atoms with E-state index in [1.54, 1.807) is 43.3 Å². The van der Waals surface area contributed by atoms with Crippen molar-refractivity contribution >= 4 is 41.0 Å². The third-order valence-electron chi connectivity index (χ3n) is 10.3. The number of imide groups is 2. The van der Waals surface area contributed by atoms with E-state index in [1.807, 2.05) is 6.08 Å². The molecule has 0 spiro atoms. The van der Waals surface area contributed by atoms with Crippen molar-refractivity contribution in [2.75, 3.05) is 16.9 Å². The van der Waals surface area contributed by atoms with Crippen molar-refractivity contribution in [3.05, 3.63) is 89.5 Å². The number of benzene rings is 3. The van der Waals surface area contributed by atoms with Crippen LogP contribution < -0.4 is 14.5 Å². The van der Waals surface area contributed by atoms with Crippen molar-refractivity contribution in [3.63, 3.8) is 0 Å². The summed E-state index contributed by atoms with van der Waals surface area (Å²) in [5, 5.41) is 29.9.